The fraction of sp³-hybridized carbons (Fsp3) is 0.273. The smallest absolute Gasteiger partial charge is 0.232 e. The number of alkyl halides is 1. The van der Waals surface area contributed by atoms with E-state index in [0.29, 0.717) is 0 Å². The summed E-state index contributed by atoms with van der Waals surface area (Å²) in [4.78, 5) is 22.3. The monoisotopic (exact) mass is 284 g/mol. The maximum absolute atomic E-state index is 11.3. The molecule has 0 aliphatic carbocycles. The topological polar surface area (TPSA) is 58.2 Å². The Kier molecular flexibility index (Phi) is 4.98. The van der Waals surface area contributed by atoms with Crippen LogP contribution in [-0.4, -0.2) is 17.1 Å². The van der Waals surface area contributed by atoms with Crippen LogP contribution < -0.4 is 10.6 Å². The van der Waals surface area contributed by atoms with Gasteiger partial charge in [0.15, 0.2) is 0 Å². The Hall–Kier alpha value is -1.36. The largest absolute Gasteiger partial charge is 0.332 e. The molecule has 0 heterocycles. The number of amides is 2. The summed E-state index contributed by atoms with van der Waals surface area (Å²) in [6, 6.07) is 9.26. The minimum atomic E-state index is -0.483. The van der Waals surface area contributed by atoms with Gasteiger partial charge in [-0.25, -0.2) is 0 Å². The van der Waals surface area contributed by atoms with Crippen LogP contribution in [0.5, 0.6) is 0 Å². The zero-order valence-electron chi connectivity index (χ0n) is 8.87. The lowest BCUT2D eigenvalue weighted by atomic mass is 10.1. The molecular weight excluding hydrogens is 272 g/mol. The van der Waals surface area contributed by atoms with Crippen molar-refractivity contribution in [3.8, 4) is 0 Å². The Morgan fingerprint density at radius 3 is 2.38 bits per heavy atom. The summed E-state index contributed by atoms with van der Waals surface area (Å²) in [5, 5.41) is 5.57. The van der Waals surface area contributed by atoms with Crippen molar-refractivity contribution in [2.75, 3.05) is 5.33 Å². The van der Waals surface area contributed by atoms with Gasteiger partial charge in [0, 0.05) is 6.92 Å². The van der Waals surface area contributed by atoms with E-state index in [9.17, 15) is 9.59 Å². The number of benzene rings is 1. The van der Waals surface area contributed by atoms with Crippen LogP contribution in [0.4, 0.5) is 0 Å². The van der Waals surface area contributed by atoms with Crippen molar-refractivity contribution in [2.45, 2.75) is 13.1 Å². The minimum absolute atomic E-state index is 0.178. The first-order valence-electron chi connectivity index (χ1n) is 4.81. The molecule has 0 saturated heterocycles. The van der Waals surface area contributed by atoms with Gasteiger partial charge in [-0.3, -0.25) is 9.59 Å². The van der Waals surface area contributed by atoms with Gasteiger partial charge in [-0.15, -0.1) is 0 Å². The highest BCUT2D eigenvalue weighted by Gasteiger charge is 2.13. The summed E-state index contributed by atoms with van der Waals surface area (Å²) in [5.41, 5.74) is 0.840. The molecule has 0 spiro atoms. The van der Waals surface area contributed by atoms with Crippen molar-refractivity contribution in [1.29, 1.82) is 0 Å². The van der Waals surface area contributed by atoms with E-state index in [1.54, 1.807) is 0 Å². The summed E-state index contributed by atoms with van der Waals surface area (Å²) < 4.78 is 0. The molecule has 0 aromatic heterocycles. The third-order valence-corrected chi connectivity index (χ3v) is 2.42. The standard InChI is InChI=1S/C11H13BrN2O2/c1-8(15)13-11(14-10(16)7-12)9-5-3-2-4-6-9/h2-6,11H,7H2,1H3,(H,13,15)(H,14,16). The number of nitrogens with one attached hydrogen (secondary N) is 2. The van der Waals surface area contributed by atoms with E-state index in [0.717, 1.165) is 5.56 Å². The Balaban J connectivity index is 2.79. The minimum Gasteiger partial charge on any atom is -0.332 e. The van der Waals surface area contributed by atoms with Crippen LogP contribution in [0.2, 0.25) is 0 Å². The first-order chi connectivity index (χ1) is 7.63. The summed E-state index contributed by atoms with van der Waals surface area (Å²) >= 11 is 3.06. The molecule has 0 saturated carbocycles. The highest BCUT2D eigenvalue weighted by atomic mass is 79.9. The lowest BCUT2D eigenvalue weighted by Crippen LogP contribution is -2.40. The molecule has 1 rings (SSSR count). The van der Waals surface area contributed by atoms with E-state index in [1.165, 1.54) is 6.92 Å². The second-order valence-electron chi connectivity index (χ2n) is 3.25. The van der Waals surface area contributed by atoms with Crippen LogP contribution in [0, 0.1) is 0 Å². The van der Waals surface area contributed by atoms with Crippen molar-refractivity contribution in [3.05, 3.63) is 35.9 Å². The average molecular weight is 285 g/mol. The van der Waals surface area contributed by atoms with Crippen LogP contribution in [0.15, 0.2) is 30.3 Å². The third-order valence-electron chi connectivity index (χ3n) is 1.91. The van der Waals surface area contributed by atoms with Gasteiger partial charge in [-0.2, -0.15) is 0 Å². The Labute approximate surface area is 103 Å². The Bertz CT molecular complexity index is 368. The lowest BCUT2D eigenvalue weighted by Gasteiger charge is -2.19. The van der Waals surface area contributed by atoms with E-state index in [1.807, 2.05) is 30.3 Å². The van der Waals surface area contributed by atoms with E-state index in [2.05, 4.69) is 26.6 Å². The van der Waals surface area contributed by atoms with Crippen LogP contribution in [0.25, 0.3) is 0 Å². The van der Waals surface area contributed by atoms with Gasteiger partial charge in [0.2, 0.25) is 11.8 Å². The van der Waals surface area contributed by atoms with Crippen molar-refractivity contribution >= 4 is 27.7 Å². The summed E-state index contributed by atoms with van der Waals surface area (Å²) in [6.45, 7) is 1.41. The predicted molar refractivity (Wildman–Crippen MR) is 64.9 cm³/mol. The molecule has 1 aromatic rings. The fourth-order valence-corrected chi connectivity index (χ4v) is 1.41. The zero-order chi connectivity index (χ0) is 12.0. The second-order valence-corrected chi connectivity index (χ2v) is 3.81. The molecule has 2 N–H and O–H groups in total. The molecular formula is C11H13BrN2O2. The molecule has 86 valence electrons. The molecule has 1 aromatic carbocycles. The van der Waals surface area contributed by atoms with Crippen LogP contribution >= 0.6 is 15.9 Å². The molecule has 0 fully saturated rings. The Morgan fingerprint density at radius 2 is 1.88 bits per heavy atom. The molecule has 0 bridgehead atoms. The van der Waals surface area contributed by atoms with Crippen molar-refractivity contribution in [3.63, 3.8) is 0 Å². The van der Waals surface area contributed by atoms with Gasteiger partial charge in [0.25, 0.3) is 0 Å². The second kappa shape index (κ2) is 6.27. The number of halogens is 1. The molecule has 1 unspecified atom stereocenters. The van der Waals surface area contributed by atoms with Crippen molar-refractivity contribution in [2.24, 2.45) is 0 Å². The van der Waals surface area contributed by atoms with E-state index in [4.69, 9.17) is 0 Å². The van der Waals surface area contributed by atoms with Gasteiger partial charge in [0.05, 0.1) is 5.33 Å². The first-order valence-corrected chi connectivity index (χ1v) is 5.93. The molecule has 0 radical (unpaired) electrons. The number of hydrogen-bond acceptors (Lipinski definition) is 2. The first kappa shape index (κ1) is 12.7. The van der Waals surface area contributed by atoms with Crippen molar-refractivity contribution < 1.29 is 9.59 Å². The van der Waals surface area contributed by atoms with Crippen LogP contribution in [-0.2, 0) is 9.59 Å². The van der Waals surface area contributed by atoms with Gasteiger partial charge in [0.1, 0.15) is 6.17 Å². The number of carbonyl (C=O) groups excluding carboxylic acids is 2. The SMILES string of the molecule is CC(=O)NC(NC(=O)CBr)c1ccccc1. The third kappa shape index (κ3) is 4.02. The molecule has 0 aliphatic heterocycles. The fourth-order valence-electron chi connectivity index (χ4n) is 1.25. The molecule has 2 amide bonds. The van der Waals surface area contributed by atoms with Gasteiger partial charge in [-0.1, -0.05) is 46.3 Å². The molecule has 0 aliphatic rings. The van der Waals surface area contributed by atoms with Gasteiger partial charge < -0.3 is 10.6 Å². The van der Waals surface area contributed by atoms with Gasteiger partial charge >= 0.3 is 0 Å². The van der Waals surface area contributed by atoms with Gasteiger partial charge in [-0.05, 0) is 5.56 Å². The molecule has 16 heavy (non-hydrogen) atoms. The van der Waals surface area contributed by atoms with Crippen molar-refractivity contribution in [1.82, 2.24) is 10.6 Å². The maximum Gasteiger partial charge on any atom is 0.232 e. The number of hydrogen-bond donors (Lipinski definition) is 2. The highest BCUT2D eigenvalue weighted by Crippen LogP contribution is 2.09. The van der Waals surface area contributed by atoms with E-state index in [-0.39, 0.29) is 17.1 Å². The van der Waals surface area contributed by atoms with E-state index >= 15 is 0 Å². The quantitative estimate of drug-likeness (QED) is 0.647. The Morgan fingerprint density at radius 1 is 1.25 bits per heavy atom. The summed E-state index contributed by atoms with van der Waals surface area (Å²) in [5.74, 6) is -0.369. The summed E-state index contributed by atoms with van der Waals surface area (Å²) in [7, 11) is 0. The maximum atomic E-state index is 11.3. The predicted octanol–water partition coefficient (Wildman–Crippen LogP) is 1.33. The zero-order valence-corrected chi connectivity index (χ0v) is 10.5. The lowest BCUT2D eigenvalue weighted by molar-refractivity contribution is -0.122. The van der Waals surface area contributed by atoms with Crippen LogP contribution in [0.3, 0.4) is 0 Å². The molecule has 4 nitrogen and oxygen atoms in total. The number of carbonyl (C=O) groups is 2. The summed E-state index contributed by atoms with van der Waals surface area (Å²) in [6.07, 6.45) is -0.483. The van der Waals surface area contributed by atoms with Crippen LogP contribution in [0.1, 0.15) is 18.7 Å². The highest BCUT2D eigenvalue weighted by molar-refractivity contribution is 9.09. The molecule has 1 atom stereocenters. The normalized spacial score (nSPS) is 11.6. The molecule has 5 heteroatoms. The van der Waals surface area contributed by atoms with E-state index < -0.39 is 6.17 Å². The average Bonchev–Trinajstić information content (AvgIpc) is 2.28. The number of rotatable bonds is 4.